The first kappa shape index (κ1) is 17.9. The molecule has 0 aliphatic carbocycles. The van der Waals surface area contributed by atoms with Crippen molar-refractivity contribution in [3.05, 3.63) is 48.8 Å². The van der Waals surface area contributed by atoms with Crippen molar-refractivity contribution in [3.8, 4) is 5.82 Å². The second kappa shape index (κ2) is 6.74. The highest BCUT2D eigenvalue weighted by molar-refractivity contribution is 7.89. The van der Waals surface area contributed by atoms with E-state index in [2.05, 4.69) is 25.5 Å². The van der Waals surface area contributed by atoms with Crippen LogP contribution in [0.2, 0.25) is 0 Å². The number of aromatic nitrogens is 8. The Labute approximate surface area is 166 Å². The van der Waals surface area contributed by atoms with Crippen molar-refractivity contribution in [2.75, 3.05) is 13.1 Å². The van der Waals surface area contributed by atoms with Gasteiger partial charge in [-0.3, -0.25) is 4.68 Å². The highest BCUT2D eigenvalue weighted by Gasteiger charge is 2.32. The molecule has 1 fully saturated rings. The molecule has 0 N–H and O–H groups in total. The maximum atomic E-state index is 12.8. The van der Waals surface area contributed by atoms with Gasteiger partial charge < -0.3 is 0 Å². The van der Waals surface area contributed by atoms with Gasteiger partial charge in [-0.05, 0) is 31.0 Å². The van der Waals surface area contributed by atoms with Crippen LogP contribution in [0.3, 0.4) is 0 Å². The molecule has 4 aromatic rings. The van der Waals surface area contributed by atoms with Gasteiger partial charge in [-0.25, -0.2) is 13.1 Å². The lowest BCUT2D eigenvalue weighted by atomic mass is 9.97. The highest BCUT2D eigenvalue weighted by Crippen LogP contribution is 2.29. The van der Waals surface area contributed by atoms with Crippen LogP contribution in [0.15, 0.2) is 47.9 Å². The number of hydrogen-bond acceptors (Lipinski definition) is 7. The summed E-state index contributed by atoms with van der Waals surface area (Å²) in [5, 5.41) is 21.3. The third-order valence-corrected chi connectivity index (χ3v) is 7.00. The van der Waals surface area contributed by atoms with Crippen LogP contribution < -0.4 is 0 Å². The number of piperidine rings is 1. The Morgan fingerprint density at radius 1 is 1.10 bits per heavy atom. The summed E-state index contributed by atoms with van der Waals surface area (Å²) in [6.07, 6.45) is 7.71. The minimum absolute atomic E-state index is 0.0747. The Bertz CT molecular complexity index is 1250. The van der Waals surface area contributed by atoms with Gasteiger partial charge in [0.2, 0.25) is 10.0 Å². The predicted octanol–water partition coefficient (Wildman–Crippen LogP) is 0.612. The van der Waals surface area contributed by atoms with E-state index in [9.17, 15) is 8.42 Å². The number of sulfonamides is 1. The molecule has 5 rings (SSSR count). The lowest BCUT2D eigenvalue weighted by Crippen LogP contribution is -2.38. The van der Waals surface area contributed by atoms with E-state index >= 15 is 0 Å². The van der Waals surface area contributed by atoms with Crippen LogP contribution >= 0.6 is 0 Å². The van der Waals surface area contributed by atoms with Gasteiger partial charge in [0.15, 0.2) is 17.3 Å². The van der Waals surface area contributed by atoms with E-state index < -0.39 is 10.0 Å². The van der Waals surface area contributed by atoms with Crippen molar-refractivity contribution in [1.82, 2.24) is 43.7 Å². The van der Waals surface area contributed by atoms with Crippen molar-refractivity contribution in [3.63, 3.8) is 0 Å². The van der Waals surface area contributed by atoms with Gasteiger partial charge in [-0.15, -0.1) is 15.3 Å². The number of rotatable bonds is 4. The molecule has 11 nitrogen and oxygen atoms in total. The summed E-state index contributed by atoms with van der Waals surface area (Å²) >= 11 is 0. The Morgan fingerprint density at radius 3 is 2.62 bits per heavy atom. The second-order valence-corrected chi connectivity index (χ2v) is 8.94. The molecule has 5 heterocycles. The normalized spacial score (nSPS) is 16.6. The summed E-state index contributed by atoms with van der Waals surface area (Å²) in [4.78, 5) is 0.219. The second-order valence-electron chi connectivity index (χ2n) is 7.00. The molecule has 0 amide bonds. The third kappa shape index (κ3) is 3.09. The first-order chi connectivity index (χ1) is 14.0. The molecule has 12 heteroatoms. The topological polar surface area (TPSA) is 116 Å². The molecule has 1 aliphatic rings. The minimum atomic E-state index is -3.53. The Balaban J connectivity index is 1.38. The van der Waals surface area contributed by atoms with E-state index in [0.29, 0.717) is 37.4 Å². The predicted molar refractivity (Wildman–Crippen MR) is 102 cm³/mol. The number of hydrogen-bond donors (Lipinski definition) is 0. The molecule has 1 saturated heterocycles. The van der Waals surface area contributed by atoms with Crippen LogP contribution in [0.25, 0.3) is 11.5 Å². The molecular weight excluding hydrogens is 394 g/mol. The molecule has 4 aromatic heterocycles. The van der Waals surface area contributed by atoms with Gasteiger partial charge in [-0.1, -0.05) is 0 Å². The maximum absolute atomic E-state index is 12.8. The van der Waals surface area contributed by atoms with Crippen molar-refractivity contribution in [2.24, 2.45) is 7.05 Å². The van der Waals surface area contributed by atoms with Gasteiger partial charge in [0.05, 0.1) is 6.20 Å². The zero-order valence-corrected chi connectivity index (χ0v) is 16.5. The first-order valence-electron chi connectivity index (χ1n) is 9.23. The fraction of sp³-hybridized carbons (Fsp3) is 0.353. The average Bonchev–Trinajstić information content (AvgIpc) is 3.48. The Hall–Kier alpha value is -3.12. The van der Waals surface area contributed by atoms with E-state index in [4.69, 9.17) is 0 Å². The molecule has 1 aliphatic heterocycles. The van der Waals surface area contributed by atoms with Crippen molar-refractivity contribution in [1.29, 1.82) is 0 Å². The highest BCUT2D eigenvalue weighted by atomic mass is 32.2. The molecule has 0 saturated carbocycles. The quantitative estimate of drug-likeness (QED) is 0.481. The molecule has 0 bridgehead atoms. The summed E-state index contributed by atoms with van der Waals surface area (Å²) in [5.41, 5.74) is 0.654. The molecule has 150 valence electrons. The fourth-order valence-corrected chi connectivity index (χ4v) is 5.07. The van der Waals surface area contributed by atoms with Crippen LogP contribution in [0.4, 0.5) is 0 Å². The standard InChI is InChI=1S/C17H19N9O2S/c1-23-12-14(11-19-23)29(27,28)24-9-5-13(6-10-24)17-21-20-15-3-4-16(22-26(15)17)25-8-2-7-18-25/h2-4,7-8,11-13H,5-6,9-10H2,1H3. The lowest BCUT2D eigenvalue weighted by Gasteiger charge is -2.29. The molecular formula is C17H19N9O2S. The smallest absolute Gasteiger partial charge is 0.246 e. The maximum Gasteiger partial charge on any atom is 0.246 e. The molecule has 0 atom stereocenters. The van der Waals surface area contributed by atoms with Crippen LogP contribution in [0, 0.1) is 0 Å². The van der Waals surface area contributed by atoms with E-state index in [0.717, 1.165) is 5.82 Å². The van der Waals surface area contributed by atoms with E-state index in [-0.39, 0.29) is 10.8 Å². The van der Waals surface area contributed by atoms with Crippen LogP contribution in [-0.2, 0) is 17.1 Å². The molecule has 0 aromatic carbocycles. The van der Waals surface area contributed by atoms with Crippen molar-refractivity contribution < 1.29 is 8.42 Å². The van der Waals surface area contributed by atoms with Crippen molar-refractivity contribution >= 4 is 15.7 Å². The molecule has 0 unspecified atom stereocenters. The van der Waals surface area contributed by atoms with E-state index in [1.165, 1.54) is 21.4 Å². The Morgan fingerprint density at radius 2 is 1.93 bits per heavy atom. The summed E-state index contributed by atoms with van der Waals surface area (Å²) < 4.78 is 32.0. The van der Waals surface area contributed by atoms with E-state index in [1.807, 2.05) is 24.4 Å². The largest absolute Gasteiger partial charge is 0.274 e. The van der Waals surface area contributed by atoms with Gasteiger partial charge in [0, 0.05) is 44.6 Å². The Kier molecular flexibility index (Phi) is 4.17. The number of fused-ring (bicyclic) bond motifs is 1. The van der Waals surface area contributed by atoms with Crippen LogP contribution in [0.5, 0.6) is 0 Å². The zero-order valence-electron chi connectivity index (χ0n) is 15.7. The van der Waals surface area contributed by atoms with Gasteiger partial charge in [0.25, 0.3) is 0 Å². The fourth-order valence-electron chi connectivity index (χ4n) is 3.61. The average molecular weight is 413 g/mol. The van der Waals surface area contributed by atoms with Gasteiger partial charge >= 0.3 is 0 Å². The summed E-state index contributed by atoms with van der Waals surface area (Å²) in [6.45, 7) is 0.825. The third-order valence-electron chi connectivity index (χ3n) is 5.15. The first-order valence-corrected chi connectivity index (χ1v) is 10.7. The minimum Gasteiger partial charge on any atom is -0.274 e. The van der Waals surface area contributed by atoms with Crippen LogP contribution in [-0.4, -0.2) is 65.2 Å². The number of nitrogens with zero attached hydrogens (tertiary/aromatic N) is 9. The van der Waals surface area contributed by atoms with Crippen molar-refractivity contribution in [2.45, 2.75) is 23.7 Å². The monoisotopic (exact) mass is 413 g/mol. The molecule has 0 spiro atoms. The van der Waals surface area contributed by atoms with Gasteiger partial charge in [-0.2, -0.15) is 19.0 Å². The van der Waals surface area contributed by atoms with Crippen LogP contribution in [0.1, 0.15) is 24.6 Å². The zero-order chi connectivity index (χ0) is 20.0. The summed E-state index contributed by atoms with van der Waals surface area (Å²) in [7, 11) is -1.83. The lowest BCUT2D eigenvalue weighted by molar-refractivity contribution is 0.311. The SMILES string of the molecule is Cn1cc(S(=O)(=O)N2CCC(c3nnc4ccc(-n5cccn5)nn34)CC2)cn1. The summed E-state index contributed by atoms with van der Waals surface area (Å²) in [5.74, 6) is 1.48. The molecule has 0 radical (unpaired) electrons. The molecule has 29 heavy (non-hydrogen) atoms. The van der Waals surface area contributed by atoms with Gasteiger partial charge in [0.1, 0.15) is 4.90 Å². The number of aryl methyl sites for hydroxylation is 1. The summed E-state index contributed by atoms with van der Waals surface area (Å²) in [6, 6.07) is 5.52. The van der Waals surface area contributed by atoms with E-state index in [1.54, 1.807) is 22.4 Å².